The van der Waals surface area contributed by atoms with E-state index in [0.717, 1.165) is 16.8 Å². The van der Waals surface area contributed by atoms with Gasteiger partial charge < -0.3 is 10.6 Å². The van der Waals surface area contributed by atoms with Gasteiger partial charge >= 0.3 is 6.03 Å². The fraction of sp³-hybridized carbons (Fsp3) is 0.192. The third-order valence-electron chi connectivity index (χ3n) is 5.43. The molecule has 3 aromatic carbocycles. The SMILES string of the molecule is Cc1cccc(CSc2nnc(CNC(=O)Nc3c(C)cccc3C)n2-c2cc(Cl)ccc2Cl)c1. The van der Waals surface area contributed by atoms with Crippen LogP contribution in [0, 0.1) is 20.8 Å². The van der Waals surface area contributed by atoms with Gasteiger partial charge in [-0.3, -0.25) is 4.57 Å². The Labute approximate surface area is 219 Å². The van der Waals surface area contributed by atoms with Gasteiger partial charge in [0.15, 0.2) is 11.0 Å². The lowest BCUT2D eigenvalue weighted by Gasteiger charge is -2.14. The number of hydrogen-bond acceptors (Lipinski definition) is 4. The number of anilines is 1. The van der Waals surface area contributed by atoms with Crippen LogP contribution in [0.3, 0.4) is 0 Å². The van der Waals surface area contributed by atoms with Gasteiger partial charge in [-0.1, -0.05) is 83.0 Å². The highest BCUT2D eigenvalue weighted by molar-refractivity contribution is 7.98. The molecule has 0 fully saturated rings. The second-order valence-electron chi connectivity index (χ2n) is 8.18. The molecule has 0 atom stereocenters. The highest BCUT2D eigenvalue weighted by Crippen LogP contribution is 2.31. The lowest BCUT2D eigenvalue weighted by atomic mass is 10.1. The summed E-state index contributed by atoms with van der Waals surface area (Å²) in [7, 11) is 0. The maximum absolute atomic E-state index is 12.7. The van der Waals surface area contributed by atoms with Gasteiger partial charge in [0.2, 0.25) is 0 Å². The minimum atomic E-state index is -0.330. The van der Waals surface area contributed by atoms with Gasteiger partial charge in [0.1, 0.15) is 0 Å². The Balaban J connectivity index is 1.57. The topological polar surface area (TPSA) is 71.8 Å². The molecule has 0 aliphatic heterocycles. The summed E-state index contributed by atoms with van der Waals surface area (Å²) in [6.45, 7) is 6.13. The van der Waals surface area contributed by atoms with Crippen molar-refractivity contribution < 1.29 is 4.79 Å². The van der Waals surface area contributed by atoms with Crippen molar-refractivity contribution >= 4 is 46.7 Å². The number of rotatable bonds is 7. The molecular weight excluding hydrogens is 501 g/mol. The van der Waals surface area contributed by atoms with Crippen LogP contribution in [0.5, 0.6) is 0 Å². The third-order valence-corrected chi connectivity index (χ3v) is 6.98. The predicted molar refractivity (Wildman–Crippen MR) is 144 cm³/mol. The molecule has 0 aliphatic rings. The van der Waals surface area contributed by atoms with E-state index < -0.39 is 0 Å². The van der Waals surface area contributed by atoms with Crippen LogP contribution in [0.2, 0.25) is 10.0 Å². The first-order valence-electron chi connectivity index (χ1n) is 11.0. The number of benzene rings is 3. The van der Waals surface area contributed by atoms with Crippen LogP contribution < -0.4 is 10.6 Å². The molecule has 2 amide bonds. The van der Waals surface area contributed by atoms with Crippen molar-refractivity contribution in [2.45, 2.75) is 38.2 Å². The van der Waals surface area contributed by atoms with E-state index in [9.17, 15) is 4.79 Å². The summed E-state index contributed by atoms with van der Waals surface area (Å²) in [5.74, 6) is 1.25. The lowest BCUT2D eigenvalue weighted by molar-refractivity contribution is 0.251. The molecular formula is C26H25Cl2N5OS. The monoisotopic (exact) mass is 525 g/mol. The van der Waals surface area contributed by atoms with Crippen LogP contribution in [0.15, 0.2) is 65.8 Å². The number of aryl methyl sites for hydroxylation is 3. The minimum Gasteiger partial charge on any atom is -0.331 e. The van der Waals surface area contributed by atoms with Crippen molar-refractivity contribution in [3.8, 4) is 5.69 Å². The average Bonchev–Trinajstić information content (AvgIpc) is 3.23. The normalized spacial score (nSPS) is 10.9. The zero-order chi connectivity index (χ0) is 24.9. The van der Waals surface area contributed by atoms with Crippen molar-refractivity contribution in [1.82, 2.24) is 20.1 Å². The Bertz CT molecular complexity index is 1350. The first-order valence-corrected chi connectivity index (χ1v) is 12.7. The Morgan fingerprint density at radius 2 is 1.71 bits per heavy atom. The molecule has 1 aromatic heterocycles. The maximum atomic E-state index is 12.7. The van der Waals surface area contributed by atoms with E-state index in [1.165, 1.54) is 22.9 Å². The summed E-state index contributed by atoms with van der Waals surface area (Å²) in [6.07, 6.45) is 0. The number of nitrogens with one attached hydrogen (secondary N) is 2. The third kappa shape index (κ3) is 6.17. The summed E-state index contributed by atoms with van der Waals surface area (Å²) in [6, 6.07) is 19.1. The molecule has 0 radical (unpaired) electrons. The van der Waals surface area contributed by atoms with E-state index in [1.54, 1.807) is 18.2 Å². The zero-order valence-electron chi connectivity index (χ0n) is 19.6. The molecule has 1 heterocycles. The predicted octanol–water partition coefficient (Wildman–Crippen LogP) is 7.11. The fourth-order valence-electron chi connectivity index (χ4n) is 3.69. The molecule has 4 aromatic rings. The number of aromatic nitrogens is 3. The zero-order valence-corrected chi connectivity index (χ0v) is 21.9. The number of amides is 2. The van der Waals surface area contributed by atoms with Crippen molar-refractivity contribution in [1.29, 1.82) is 0 Å². The van der Waals surface area contributed by atoms with Crippen LogP contribution in [-0.4, -0.2) is 20.8 Å². The summed E-state index contributed by atoms with van der Waals surface area (Å²) < 4.78 is 1.84. The lowest BCUT2D eigenvalue weighted by Crippen LogP contribution is -2.30. The standard InChI is InChI=1S/C26H25Cl2N5OS/c1-16-6-4-9-19(12-16)15-35-26-32-31-23(33(26)22-13-20(27)10-11-21(22)28)14-29-25(34)30-24-17(2)7-5-8-18(24)3/h4-13H,14-15H2,1-3H3,(H2,29,30,34). The van der Waals surface area contributed by atoms with E-state index >= 15 is 0 Å². The molecule has 4 rings (SSSR count). The fourth-order valence-corrected chi connectivity index (χ4v) is 4.96. The maximum Gasteiger partial charge on any atom is 0.319 e. The largest absolute Gasteiger partial charge is 0.331 e. The average molecular weight is 526 g/mol. The molecule has 0 bridgehead atoms. The molecule has 2 N–H and O–H groups in total. The molecule has 0 unspecified atom stereocenters. The van der Waals surface area contributed by atoms with Gasteiger partial charge in [-0.25, -0.2) is 4.79 Å². The van der Waals surface area contributed by atoms with Crippen LogP contribution >= 0.6 is 35.0 Å². The van der Waals surface area contributed by atoms with Crippen LogP contribution in [0.25, 0.3) is 5.69 Å². The number of para-hydroxylation sites is 1. The van der Waals surface area contributed by atoms with Crippen molar-refractivity contribution in [3.63, 3.8) is 0 Å². The summed E-state index contributed by atoms with van der Waals surface area (Å²) >= 11 is 14.3. The van der Waals surface area contributed by atoms with E-state index in [1.807, 2.05) is 42.7 Å². The van der Waals surface area contributed by atoms with Gasteiger partial charge in [-0.2, -0.15) is 0 Å². The highest BCUT2D eigenvalue weighted by atomic mass is 35.5. The molecule has 9 heteroatoms. The number of thioether (sulfide) groups is 1. The number of hydrogen-bond donors (Lipinski definition) is 2. The summed E-state index contributed by atoms with van der Waals surface area (Å²) in [5.41, 5.74) is 5.80. The van der Waals surface area contributed by atoms with E-state index in [0.29, 0.717) is 32.5 Å². The Kier molecular flexibility index (Phi) is 8.00. The van der Waals surface area contributed by atoms with Gasteiger partial charge in [-0.15, -0.1) is 10.2 Å². The van der Waals surface area contributed by atoms with E-state index in [4.69, 9.17) is 23.2 Å². The van der Waals surface area contributed by atoms with Crippen molar-refractivity contribution in [2.75, 3.05) is 5.32 Å². The Morgan fingerprint density at radius 1 is 0.971 bits per heavy atom. The van der Waals surface area contributed by atoms with E-state index in [2.05, 4.69) is 46.0 Å². The first kappa shape index (κ1) is 25.1. The molecule has 6 nitrogen and oxygen atoms in total. The number of urea groups is 1. The summed E-state index contributed by atoms with van der Waals surface area (Å²) in [4.78, 5) is 12.7. The second kappa shape index (κ2) is 11.2. The van der Waals surface area contributed by atoms with E-state index in [-0.39, 0.29) is 12.6 Å². The van der Waals surface area contributed by atoms with Gasteiger partial charge in [0, 0.05) is 16.5 Å². The van der Waals surface area contributed by atoms with Crippen LogP contribution in [0.1, 0.15) is 28.1 Å². The number of halogens is 2. The van der Waals surface area contributed by atoms with Gasteiger partial charge in [0.05, 0.1) is 17.3 Å². The van der Waals surface area contributed by atoms with Crippen LogP contribution in [-0.2, 0) is 12.3 Å². The molecule has 0 aliphatic carbocycles. The van der Waals surface area contributed by atoms with Crippen LogP contribution in [0.4, 0.5) is 10.5 Å². The molecule has 0 saturated carbocycles. The molecule has 180 valence electrons. The first-order chi connectivity index (χ1) is 16.8. The summed E-state index contributed by atoms with van der Waals surface area (Å²) in [5, 5.41) is 16.3. The van der Waals surface area contributed by atoms with Gasteiger partial charge in [-0.05, 0) is 55.7 Å². The molecule has 0 saturated heterocycles. The highest BCUT2D eigenvalue weighted by Gasteiger charge is 2.18. The van der Waals surface area contributed by atoms with Crippen molar-refractivity contribution in [2.24, 2.45) is 0 Å². The Hall–Kier alpha value is -3.00. The van der Waals surface area contributed by atoms with Crippen molar-refractivity contribution in [3.05, 3.63) is 98.8 Å². The molecule has 35 heavy (non-hydrogen) atoms. The number of carbonyl (C=O) groups excluding carboxylic acids is 1. The number of nitrogens with zero attached hydrogens (tertiary/aromatic N) is 3. The molecule has 0 spiro atoms. The quantitative estimate of drug-likeness (QED) is 0.252. The second-order valence-corrected chi connectivity index (χ2v) is 9.97. The Morgan fingerprint density at radius 3 is 2.46 bits per heavy atom. The minimum absolute atomic E-state index is 0.150. The smallest absolute Gasteiger partial charge is 0.319 e. The number of carbonyl (C=O) groups is 1. The van der Waals surface area contributed by atoms with Gasteiger partial charge in [0.25, 0.3) is 0 Å².